The molecule has 0 aliphatic rings. The summed E-state index contributed by atoms with van der Waals surface area (Å²) in [4.78, 5) is 26.8. The fraction of sp³-hybridized carbons (Fsp3) is 0.0714. The smallest absolute Gasteiger partial charge is 0.335 e. The number of hydrogen-bond donors (Lipinski definition) is 2. The van der Waals surface area contributed by atoms with Gasteiger partial charge in [0.15, 0.2) is 0 Å². The van der Waals surface area contributed by atoms with Crippen LogP contribution in [0.4, 0.5) is 4.39 Å². The number of aromatic carboxylic acids is 1. The lowest BCUT2D eigenvalue weighted by molar-refractivity contribution is 0.0696. The van der Waals surface area contributed by atoms with Crippen molar-refractivity contribution in [3.05, 3.63) is 63.6 Å². The lowest BCUT2D eigenvalue weighted by atomic mass is 10.2. The van der Waals surface area contributed by atoms with Crippen LogP contribution in [0.15, 0.2) is 41.0 Å². The molecule has 2 aromatic rings. The van der Waals surface area contributed by atoms with Crippen molar-refractivity contribution >= 4 is 27.8 Å². The first kappa shape index (κ1) is 15.1. The number of hydrogen-bond acceptors (Lipinski definition) is 3. The van der Waals surface area contributed by atoms with Gasteiger partial charge in [0.05, 0.1) is 23.4 Å². The molecule has 2 rings (SSSR count). The molecule has 0 spiro atoms. The minimum absolute atomic E-state index is 0.0446. The van der Waals surface area contributed by atoms with Crippen molar-refractivity contribution in [2.45, 2.75) is 6.54 Å². The van der Waals surface area contributed by atoms with Crippen LogP contribution in [0.3, 0.4) is 0 Å². The fourth-order valence-corrected chi connectivity index (χ4v) is 2.07. The normalized spacial score (nSPS) is 10.2. The van der Waals surface area contributed by atoms with Crippen molar-refractivity contribution in [2.75, 3.05) is 0 Å². The van der Waals surface area contributed by atoms with Gasteiger partial charge in [-0.2, -0.15) is 0 Å². The van der Waals surface area contributed by atoms with Gasteiger partial charge in [-0.15, -0.1) is 0 Å². The Hall–Kier alpha value is -2.28. The maximum atomic E-state index is 13.1. The molecule has 0 saturated carbocycles. The van der Waals surface area contributed by atoms with E-state index in [1.807, 2.05) is 0 Å². The summed E-state index contributed by atoms with van der Waals surface area (Å²) in [6.45, 7) is 0.0446. The number of benzene rings is 1. The number of amides is 1. The van der Waals surface area contributed by atoms with Crippen LogP contribution in [-0.2, 0) is 6.54 Å². The summed E-state index contributed by atoms with van der Waals surface area (Å²) in [6, 6.07) is 6.51. The Morgan fingerprint density at radius 3 is 2.76 bits per heavy atom. The predicted molar refractivity (Wildman–Crippen MR) is 76.5 cm³/mol. The standard InChI is InChI=1S/C14H10BrFN2O3/c15-12-2-1-9(16)6-11(12)13(19)18-7-10-5-8(14(20)21)3-4-17-10/h1-6H,7H2,(H,18,19)(H,20,21). The van der Waals surface area contributed by atoms with Gasteiger partial charge in [0.2, 0.25) is 0 Å². The van der Waals surface area contributed by atoms with Crippen LogP contribution in [0, 0.1) is 5.82 Å². The van der Waals surface area contributed by atoms with Gasteiger partial charge < -0.3 is 10.4 Å². The van der Waals surface area contributed by atoms with E-state index in [1.54, 1.807) is 0 Å². The Bertz CT molecular complexity index is 706. The zero-order chi connectivity index (χ0) is 15.4. The van der Waals surface area contributed by atoms with E-state index in [-0.39, 0.29) is 17.7 Å². The molecular weight excluding hydrogens is 343 g/mol. The third kappa shape index (κ3) is 3.85. The highest BCUT2D eigenvalue weighted by atomic mass is 79.9. The first-order valence-corrected chi connectivity index (χ1v) is 6.68. The molecule has 0 radical (unpaired) electrons. The number of nitrogens with zero attached hydrogens (tertiary/aromatic N) is 1. The number of carboxylic acids is 1. The van der Waals surface area contributed by atoms with Gasteiger partial charge >= 0.3 is 5.97 Å². The van der Waals surface area contributed by atoms with E-state index in [4.69, 9.17) is 5.11 Å². The average Bonchev–Trinajstić information content (AvgIpc) is 2.47. The summed E-state index contributed by atoms with van der Waals surface area (Å²) >= 11 is 3.17. The molecule has 0 fully saturated rings. The highest BCUT2D eigenvalue weighted by Gasteiger charge is 2.11. The maximum Gasteiger partial charge on any atom is 0.335 e. The molecule has 5 nitrogen and oxygen atoms in total. The molecule has 1 heterocycles. The largest absolute Gasteiger partial charge is 0.478 e. The Labute approximate surface area is 128 Å². The average molecular weight is 353 g/mol. The van der Waals surface area contributed by atoms with Crippen molar-refractivity contribution in [2.24, 2.45) is 0 Å². The maximum absolute atomic E-state index is 13.1. The molecule has 0 aliphatic heterocycles. The van der Waals surface area contributed by atoms with Gasteiger partial charge in [0.1, 0.15) is 5.82 Å². The lowest BCUT2D eigenvalue weighted by Crippen LogP contribution is -2.24. The van der Waals surface area contributed by atoms with Crippen LogP contribution in [-0.4, -0.2) is 22.0 Å². The van der Waals surface area contributed by atoms with Crippen molar-refractivity contribution < 1.29 is 19.1 Å². The fourth-order valence-electron chi connectivity index (χ4n) is 1.65. The predicted octanol–water partition coefficient (Wildman–Crippen LogP) is 2.61. The molecule has 0 bridgehead atoms. The number of aromatic nitrogens is 1. The Morgan fingerprint density at radius 2 is 2.05 bits per heavy atom. The zero-order valence-electron chi connectivity index (χ0n) is 10.6. The third-order valence-corrected chi connectivity index (χ3v) is 3.36. The molecule has 0 saturated heterocycles. The summed E-state index contributed by atoms with van der Waals surface area (Å²) in [7, 11) is 0. The summed E-state index contributed by atoms with van der Waals surface area (Å²) in [5.41, 5.74) is 0.640. The van der Waals surface area contributed by atoms with Crippen LogP contribution < -0.4 is 5.32 Å². The highest BCUT2D eigenvalue weighted by Crippen LogP contribution is 2.17. The molecule has 1 amide bonds. The highest BCUT2D eigenvalue weighted by molar-refractivity contribution is 9.10. The molecule has 0 atom stereocenters. The molecule has 21 heavy (non-hydrogen) atoms. The van der Waals surface area contributed by atoms with E-state index >= 15 is 0 Å². The number of carbonyl (C=O) groups is 2. The number of carboxylic acid groups (broad SMARTS) is 1. The second-order valence-corrected chi connectivity index (χ2v) is 5.00. The van der Waals surface area contributed by atoms with Gasteiger partial charge in [0.25, 0.3) is 5.91 Å². The topological polar surface area (TPSA) is 79.3 Å². The quantitative estimate of drug-likeness (QED) is 0.886. The summed E-state index contributed by atoms with van der Waals surface area (Å²) in [5.74, 6) is -2.07. The number of halogens is 2. The Balaban J connectivity index is 2.09. The first-order chi connectivity index (χ1) is 9.97. The van der Waals surface area contributed by atoms with Crippen LogP contribution in [0.2, 0.25) is 0 Å². The first-order valence-electron chi connectivity index (χ1n) is 5.89. The van der Waals surface area contributed by atoms with Crippen LogP contribution in [0.25, 0.3) is 0 Å². The SMILES string of the molecule is O=C(O)c1ccnc(CNC(=O)c2cc(F)ccc2Br)c1. The van der Waals surface area contributed by atoms with Crippen molar-refractivity contribution in [3.8, 4) is 0 Å². The number of rotatable bonds is 4. The van der Waals surface area contributed by atoms with Gasteiger partial charge in [-0.3, -0.25) is 9.78 Å². The van der Waals surface area contributed by atoms with E-state index in [0.717, 1.165) is 6.07 Å². The van der Waals surface area contributed by atoms with E-state index in [0.29, 0.717) is 10.2 Å². The lowest BCUT2D eigenvalue weighted by Gasteiger charge is -2.07. The van der Waals surface area contributed by atoms with Crippen molar-refractivity contribution in [3.63, 3.8) is 0 Å². The van der Waals surface area contributed by atoms with Gasteiger partial charge in [-0.1, -0.05) is 0 Å². The monoisotopic (exact) mass is 352 g/mol. The van der Waals surface area contributed by atoms with Gasteiger partial charge in [0, 0.05) is 10.7 Å². The van der Waals surface area contributed by atoms with E-state index in [1.165, 1.54) is 30.5 Å². The minimum Gasteiger partial charge on any atom is -0.478 e. The van der Waals surface area contributed by atoms with Gasteiger partial charge in [-0.05, 0) is 46.3 Å². The molecule has 7 heteroatoms. The molecule has 2 N–H and O–H groups in total. The Kier molecular flexibility index (Phi) is 4.64. The zero-order valence-corrected chi connectivity index (χ0v) is 12.2. The van der Waals surface area contributed by atoms with Gasteiger partial charge in [-0.25, -0.2) is 9.18 Å². The summed E-state index contributed by atoms with van der Waals surface area (Å²) in [5, 5.41) is 11.4. The molecule has 1 aromatic heterocycles. The molecule has 1 aromatic carbocycles. The summed E-state index contributed by atoms with van der Waals surface area (Å²) in [6.07, 6.45) is 1.35. The second-order valence-electron chi connectivity index (χ2n) is 4.15. The van der Waals surface area contributed by atoms with Crippen LogP contribution in [0.5, 0.6) is 0 Å². The molecule has 108 valence electrons. The van der Waals surface area contributed by atoms with E-state index < -0.39 is 17.7 Å². The van der Waals surface area contributed by atoms with E-state index in [2.05, 4.69) is 26.2 Å². The molecule has 0 aliphatic carbocycles. The van der Waals surface area contributed by atoms with Crippen LogP contribution in [0.1, 0.15) is 26.4 Å². The number of nitrogens with one attached hydrogen (secondary N) is 1. The number of pyridine rings is 1. The third-order valence-electron chi connectivity index (χ3n) is 2.67. The summed E-state index contributed by atoms with van der Waals surface area (Å²) < 4.78 is 13.6. The number of carbonyl (C=O) groups excluding carboxylic acids is 1. The second kappa shape index (κ2) is 6.45. The van der Waals surface area contributed by atoms with Crippen LogP contribution >= 0.6 is 15.9 Å². The van der Waals surface area contributed by atoms with Crippen molar-refractivity contribution in [1.29, 1.82) is 0 Å². The Morgan fingerprint density at radius 1 is 1.29 bits per heavy atom. The minimum atomic E-state index is -1.07. The molecular formula is C14H10BrFN2O3. The van der Waals surface area contributed by atoms with Crippen molar-refractivity contribution in [1.82, 2.24) is 10.3 Å². The van der Waals surface area contributed by atoms with E-state index in [9.17, 15) is 14.0 Å². The molecule has 0 unspecified atom stereocenters.